The minimum Gasteiger partial charge on any atom is -0.380 e. The smallest absolute Gasteiger partial charge is 0.0708 e. The van der Waals surface area contributed by atoms with Crippen LogP contribution in [0, 0.1) is 6.92 Å². The number of para-hydroxylation sites is 1. The highest BCUT2D eigenvalue weighted by molar-refractivity contribution is 5.82. The number of nitrogens with one attached hydrogen (secondary N) is 1. The SMILES string of the molecule is CCNC(COCC)c1cc(C)nc2ccccc12. The van der Waals surface area contributed by atoms with E-state index in [-0.39, 0.29) is 6.04 Å². The van der Waals surface area contributed by atoms with Gasteiger partial charge in [-0.3, -0.25) is 4.98 Å². The summed E-state index contributed by atoms with van der Waals surface area (Å²) >= 11 is 0. The van der Waals surface area contributed by atoms with Gasteiger partial charge in [-0.15, -0.1) is 0 Å². The Labute approximate surface area is 115 Å². The summed E-state index contributed by atoms with van der Waals surface area (Å²) in [6.07, 6.45) is 0. The number of hydrogen-bond donors (Lipinski definition) is 1. The quantitative estimate of drug-likeness (QED) is 0.863. The highest BCUT2D eigenvalue weighted by Gasteiger charge is 2.14. The van der Waals surface area contributed by atoms with E-state index in [0.717, 1.165) is 24.4 Å². The van der Waals surface area contributed by atoms with Crippen molar-refractivity contribution in [2.24, 2.45) is 0 Å². The van der Waals surface area contributed by atoms with E-state index in [1.165, 1.54) is 10.9 Å². The Bertz CT molecular complexity index is 539. The molecule has 19 heavy (non-hydrogen) atoms. The predicted octanol–water partition coefficient (Wildman–Crippen LogP) is 3.23. The highest BCUT2D eigenvalue weighted by atomic mass is 16.5. The van der Waals surface area contributed by atoms with Crippen LogP contribution in [0.2, 0.25) is 0 Å². The molecule has 0 amide bonds. The highest BCUT2D eigenvalue weighted by Crippen LogP contribution is 2.24. The fourth-order valence-corrected chi connectivity index (χ4v) is 2.37. The molecule has 102 valence electrons. The van der Waals surface area contributed by atoms with Crippen LogP contribution in [0.15, 0.2) is 30.3 Å². The summed E-state index contributed by atoms with van der Waals surface area (Å²) in [7, 11) is 0. The molecule has 0 saturated heterocycles. The molecule has 3 nitrogen and oxygen atoms in total. The summed E-state index contributed by atoms with van der Waals surface area (Å²) in [6, 6.07) is 10.7. The molecule has 2 rings (SSSR count). The van der Waals surface area contributed by atoms with Gasteiger partial charge in [-0.1, -0.05) is 25.1 Å². The van der Waals surface area contributed by atoms with Gasteiger partial charge in [-0.2, -0.15) is 0 Å². The average Bonchev–Trinajstić information content (AvgIpc) is 2.42. The Morgan fingerprint density at radius 1 is 1.26 bits per heavy atom. The van der Waals surface area contributed by atoms with Crippen molar-refractivity contribution in [1.29, 1.82) is 0 Å². The molecule has 0 aliphatic heterocycles. The molecule has 1 atom stereocenters. The van der Waals surface area contributed by atoms with Crippen molar-refractivity contribution in [1.82, 2.24) is 10.3 Å². The van der Waals surface area contributed by atoms with Crippen molar-refractivity contribution in [3.05, 3.63) is 41.6 Å². The third-order valence-corrected chi connectivity index (χ3v) is 3.19. The van der Waals surface area contributed by atoms with E-state index in [9.17, 15) is 0 Å². The van der Waals surface area contributed by atoms with Crippen LogP contribution < -0.4 is 5.32 Å². The number of aryl methyl sites for hydroxylation is 1. The first-order chi connectivity index (χ1) is 9.26. The Morgan fingerprint density at radius 2 is 2.05 bits per heavy atom. The van der Waals surface area contributed by atoms with Gasteiger partial charge in [0.1, 0.15) is 0 Å². The number of likely N-dealkylation sites (N-methyl/N-ethyl adjacent to an activating group) is 1. The summed E-state index contributed by atoms with van der Waals surface area (Å²) in [4.78, 5) is 4.59. The van der Waals surface area contributed by atoms with Gasteiger partial charge in [0.05, 0.1) is 18.2 Å². The number of ether oxygens (including phenoxy) is 1. The molecular weight excluding hydrogens is 236 g/mol. The van der Waals surface area contributed by atoms with Gasteiger partial charge in [0, 0.05) is 17.7 Å². The van der Waals surface area contributed by atoms with Gasteiger partial charge in [-0.05, 0) is 38.1 Å². The number of rotatable bonds is 6. The summed E-state index contributed by atoms with van der Waals surface area (Å²) in [5.74, 6) is 0. The first-order valence-corrected chi connectivity index (χ1v) is 6.93. The normalized spacial score (nSPS) is 12.8. The predicted molar refractivity (Wildman–Crippen MR) is 79.4 cm³/mol. The number of fused-ring (bicyclic) bond motifs is 1. The van der Waals surface area contributed by atoms with E-state index in [1.54, 1.807) is 0 Å². The van der Waals surface area contributed by atoms with Crippen LogP contribution >= 0.6 is 0 Å². The topological polar surface area (TPSA) is 34.1 Å². The maximum Gasteiger partial charge on any atom is 0.0708 e. The molecule has 0 fully saturated rings. The number of pyridine rings is 1. The molecule has 0 bridgehead atoms. The lowest BCUT2D eigenvalue weighted by Crippen LogP contribution is -2.25. The van der Waals surface area contributed by atoms with Crippen LogP contribution in [-0.2, 0) is 4.74 Å². The van der Waals surface area contributed by atoms with Crippen LogP contribution in [0.4, 0.5) is 0 Å². The standard InChI is InChI=1S/C16H22N2O/c1-4-17-16(11-19-5-2)14-10-12(3)18-15-9-7-6-8-13(14)15/h6-10,16-17H,4-5,11H2,1-3H3. The molecule has 0 spiro atoms. The van der Waals surface area contributed by atoms with Crippen molar-refractivity contribution >= 4 is 10.9 Å². The number of hydrogen-bond acceptors (Lipinski definition) is 3. The second kappa shape index (κ2) is 6.64. The van der Waals surface area contributed by atoms with Crippen molar-refractivity contribution in [3.63, 3.8) is 0 Å². The van der Waals surface area contributed by atoms with Crippen LogP contribution in [0.3, 0.4) is 0 Å². The van der Waals surface area contributed by atoms with Crippen molar-refractivity contribution in [3.8, 4) is 0 Å². The lowest BCUT2D eigenvalue weighted by molar-refractivity contribution is 0.124. The lowest BCUT2D eigenvalue weighted by atomic mass is 10.0. The lowest BCUT2D eigenvalue weighted by Gasteiger charge is -2.20. The Hall–Kier alpha value is -1.45. The number of nitrogens with zero attached hydrogens (tertiary/aromatic N) is 1. The van der Waals surface area contributed by atoms with E-state index in [0.29, 0.717) is 6.61 Å². The molecule has 3 heteroatoms. The fourth-order valence-electron chi connectivity index (χ4n) is 2.37. The molecule has 2 aromatic rings. The Morgan fingerprint density at radius 3 is 2.79 bits per heavy atom. The van der Waals surface area contributed by atoms with Crippen LogP contribution in [0.5, 0.6) is 0 Å². The molecule has 0 saturated carbocycles. The van der Waals surface area contributed by atoms with Gasteiger partial charge < -0.3 is 10.1 Å². The molecule has 0 aliphatic carbocycles. The number of benzene rings is 1. The average molecular weight is 258 g/mol. The van der Waals surface area contributed by atoms with Crippen molar-refractivity contribution in [2.45, 2.75) is 26.8 Å². The Balaban J connectivity index is 2.45. The van der Waals surface area contributed by atoms with Gasteiger partial charge in [0.2, 0.25) is 0 Å². The van der Waals surface area contributed by atoms with Gasteiger partial charge in [0.15, 0.2) is 0 Å². The zero-order valence-electron chi connectivity index (χ0n) is 11.9. The minimum atomic E-state index is 0.219. The van der Waals surface area contributed by atoms with E-state index in [4.69, 9.17) is 4.74 Å². The molecule has 1 aromatic heterocycles. The largest absolute Gasteiger partial charge is 0.380 e. The molecule has 1 unspecified atom stereocenters. The van der Waals surface area contributed by atoms with Crippen LogP contribution in [0.1, 0.15) is 31.1 Å². The van der Waals surface area contributed by atoms with Gasteiger partial charge in [-0.25, -0.2) is 0 Å². The first kappa shape index (κ1) is 14.0. The maximum atomic E-state index is 5.61. The molecular formula is C16H22N2O. The molecule has 0 radical (unpaired) electrons. The summed E-state index contributed by atoms with van der Waals surface area (Å²) in [6.45, 7) is 8.54. The van der Waals surface area contributed by atoms with Gasteiger partial charge in [0.25, 0.3) is 0 Å². The monoisotopic (exact) mass is 258 g/mol. The van der Waals surface area contributed by atoms with Crippen molar-refractivity contribution in [2.75, 3.05) is 19.8 Å². The van der Waals surface area contributed by atoms with E-state index >= 15 is 0 Å². The zero-order chi connectivity index (χ0) is 13.7. The number of aromatic nitrogens is 1. The molecule has 0 aliphatic rings. The zero-order valence-corrected chi connectivity index (χ0v) is 11.9. The van der Waals surface area contributed by atoms with E-state index in [2.05, 4.69) is 41.5 Å². The second-order valence-electron chi connectivity index (χ2n) is 4.64. The minimum absolute atomic E-state index is 0.219. The maximum absolute atomic E-state index is 5.61. The molecule has 1 heterocycles. The summed E-state index contributed by atoms with van der Waals surface area (Å²) in [5, 5.41) is 4.71. The third-order valence-electron chi connectivity index (χ3n) is 3.19. The fraction of sp³-hybridized carbons (Fsp3) is 0.438. The summed E-state index contributed by atoms with van der Waals surface area (Å²) in [5.41, 5.74) is 3.38. The van der Waals surface area contributed by atoms with E-state index in [1.807, 2.05) is 19.9 Å². The van der Waals surface area contributed by atoms with Crippen LogP contribution in [-0.4, -0.2) is 24.7 Å². The first-order valence-electron chi connectivity index (χ1n) is 6.93. The second-order valence-corrected chi connectivity index (χ2v) is 4.64. The van der Waals surface area contributed by atoms with E-state index < -0.39 is 0 Å². The van der Waals surface area contributed by atoms with Gasteiger partial charge >= 0.3 is 0 Å². The van der Waals surface area contributed by atoms with Crippen LogP contribution in [0.25, 0.3) is 10.9 Å². The molecule has 1 aromatic carbocycles. The summed E-state index contributed by atoms with van der Waals surface area (Å²) < 4.78 is 5.61. The van der Waals surface area contributed by atoms with Crippen molar-refractivity contribution < 1.29 is 4.74 Å². The third kappa shape index (κ3) is 3.31. The Kier molecular flexibility index (Phi) is 4.88. The molecule has 1 N–H and O–H groups in total.